The topological polar surface area (TPSA) is 80.7 Å². The van der Waals surface area contributed by atoms with Crippen LogP contribution in [0.1, 0.15) is 17.1 Å². The highest BCUT2D eigenvalue weighted by Gasteiger charge is 2.12. The Morgan fingerprint density at radius 2 is 1.81 bits per heavy atom. The van der Waals surface area contributed by atoms with Crippen LogP contribution in [0.15, 0.2) is 53.6 Å². The molecule has 0 N–H and O–H groups in total. The molecule has 0 aliphatic rings. The molecular formula is C19H18N4O2S. The maximum absolute atomic E-state index is 11.7. The summed E-state index contributed by atoms with van der Waals surface area (Å²) in [4.78, 5) is -0.267. The van der Waals surface area contributed by atoms with E-state index in [1.54, 1.807) is 18.2 Å². The lowest BCUT2D eigenvalue weighted by molar-refractivity contribution is 0.609. The summed E-state index contributed by atoms with van der Waals surface area (Å²) in [5.74, 6) is 0. The molecule has 0 unspecified atom stereocenters. The number of hydrogen-bond acceptors (Lipinski definition) is 4. The van der Waals surface area contributed by atoms with E-state index in [0.717, 1.165) is 29.0 Å². The van der Waals surface area contributed by atoms with Crippen LogP contribution in [-0.4, -0.2) is 29.0 Å². The fraction of sp³-hybridized carbons (Fsp3) is 0.158. The number of sulfone groups is 1. The summed E-state index contributed by atoms with van der Waals surface area (Å²) >= 11 is 0. The van der Waals surface area contributed by atoms with E-state index in [1.807, 2.05) is 59.6 Å². The lowest BCUT2D eigenvalue weighted by Gasteiger charge is -2.09. The fourth-order valence-corrected chi connectivity index (χ4v) is 3.25. The van der Waals surface area contributed by atoms with Gasteiger partial charge in [0.1, 0.15) is 11.0 Å². The van der Waals surface area contributed by atoms with Crippen molar-refractivity contribution in [1.82, 2.24) is 14.3 Å². The average Bonchev–Trinajstić information content (AvgIpc) is 3.17. The number of nitrogens with zero attached hydrogens (tertiary/aromatic N) is 4. The molecule has 26 heavy (non-hydrogen) atoms. The van der Waals surface area contributed by atoms with Gasteiger partial charge in [0.15, 0.2) is 9.84 Å². The minimum Gasteiger partial charge on any atom is -0.317 e. The Balaban J connectivity index is 2.00. The summed E-state index contributed by atoms with van der Waals surface area (Å²) in [6, 6.07) is 15.1. The van der Waals surface area contributed by atoms with E-state index in [-0.39, 0.29) is 4.91 Å². The smallest absolute Gasteiger partial charge is 0.185 e. The van der Waals surface area contributed by atoms with Crippen LogP contribution < -0.4 is 0 Å². The van der Waals surface area contributed by atoms with E-state index in [0.29, 0.717) is 5.69 Å². The number of hydrogen-bond donors (Lipinski definition) is 0. The zero-order valence-corrected chi connectivity index (χ0v) is 15.5. The maximum Gasteiger partial charge on any atom is 0.185 e. The van der Waals surface area contributed by atoms with Crippen LogP contribution in [0.25, 0.3) is 17.5 Å². The summed E-state index contributed by atoms with van der Waals surface area (Å²) in [7, 11) is -3.56. The summed E-state index contributed by atoms with van der Waals surface area (Å²) in [6.07, 6.45) is 4.23. The molecule has 0 spiro atoms. The Morgan fingerprint density at radius 3 is 2.35 bits per heavy atom. The van der Waals surface area contributed by atoms with E-state index < -0.39 is 9.84 Å². The first-order valence-electron chi connectivity index (χ1n) is 7.93. The summed E-state index contributed by atoms with van der Waals surface area (Å²) in [5.41, 5.74) is 4.42. The zero-order chi connectivity index (χ0) is 18.9. The molecule has 132 valence electrons. The van der Waals surface area contributed by atoms with Gasteiger partial charge in [-0.05, 0) is 62.4 Å². The highest BCUT2D eigenvalue weighted by Crippen LogP contribution is 2.19. The van der Waals surface area contributed by atoms with Crippen LogP contribution in [-0.2, 0) is 9.84 Å². The van der Waals surface area contributed by atoms with Crippen molar-refractivity contribution in [2.45, 2.75) is 13.8 Å². The van der Waals surface area contributed by atoms with Crippen LogP contribution in [0.5, 0.6) is 0 Å². The highest BCUT2D eigenvalue weighted by molar-refractivity contribution is 7.95. The van der Waals surface area contributed by atoms with Gasteiger partial charge in [-0.15, -0.1) is 0 Å². The standard InChI is InChI=1S/C19H18N4O2S/c1-14-11-15(2)23(21-14)17-8-6-16(7-9-17)22-10-4-5-18(22)12-19(13-20)26(3,24)25/h4-12H,1-3H3/b19-12-. The van der Waals surface area contributed by atoms with E-state index in [1.165, 1.54) is 6.08 Å². The van der Waals surface area contributed by atoms with E-state index in [4.69, 9.17) is 5.26 Å². The molecule has 0 radical (unpaired) electrons. The summed E-state index contributed by atoms with van der Waals surface area (Å²) in [5, 5.41) is 13.6. The molecule has 2 heterocycles. The number of aryl methyl sites for hydroxylation is 2. The Labute approximate surface area is 152 Å². The normalized spacial score (nSPS) is 12.2. The molecule has 7 heteroatoms. The van der Waals surface area contributed by atoms with Crippen LogP contribution >= 0.6 is 0 Å². The first kappa shape index (κ1) is 17.7. The van der Waals surface area contributed by atoms with Crippen molar-refractivity contribution in [1.29, 1.82) is 5.26 Å². The molecule has 0 saturated heterocycles. The Morgan fingerprint density at radius 1 is 1.15 bits per heavy atom. The van der Waals surface area contributed by atoms with Gasteiger partial charge in [0.25, 0.3) is 0 Å². The van der Waals surface area contributed by atoms with Crippen LogP contribution in [0, 0.1) is 25.2 Å². The average molecular weight is 366 g/mol. The molecule has 0 aliphatic heterocycles. The van der Waals surface area contributed by atoms with Gasteiger partial charge < -0.3 is 4.57 Å². The summed E-state index contributed by atoms with van der Waals surface area (Å²) < 4.78 is 27.0. The Hall–Kier alpha value is -3.11. The van der Waals surface area contributed by atoms with Gasteiger partial charge in [-0.1, -0.05) is 0 Å². The van der Waals surface area contributed by atoms with Crippen molar-refractivity contribution in [2.24, 2.45) is 0 Å². The summed E-state index contributed by atoms with van der Waals surface area (Å²) in [6.45, 7) is 3.95. The van der Waals surface area contributed by atoms with Crippen molar-refractivity contribution in [2.75, 3.05) is 6.26 Å². The minimum absolute atomic E-state index is 0.267. The van der Waals surface area contributed by atoms with Crippen molar-refractivity contribution in [3.05, 3.63) is 70.6 Å². The number of benzene rings is 1. The molecule has 6 nitrogen and oxygen atoms in total. The first-order chi connectivity index (χ1) is 12.3. The van der Waals surface area contributed by atoms with Crippen molar-refractivity contribution < 1.29 is 8.42 Å². The third-order valence-electron chi connectivity index (χ3n) is 3.95. The first-order valence-corrected chi connectivity index (χ1v) is 9.82. The predicted molar refractivity (Wildman–Crippen MR) is 101 cm³/mol. The van der Waals surface area contributed by atoms with E-state index in [9.17, 15) is 8.42 Å². The van der Waals surface area contributed by atoms with Crippen molar-refractivity contribution in [3.63, 3.8) is 0 Å². The fourth-order valence-electron chi connectivity index (χ4n) is 2.75. The molecule has 0 aliphatic carbocycles. The van der Waals surface area contributed by atoms with Gasteiger partial charge in [-0.3, -0.25) is 0 Å². The largest absolute Gasteiger partial charge is 0.317 e. The molecule has 1 aromatic carbocycles. The predicted octanol–water partition coefficient (Wildman–Crippen LogP) is 3.19. The van der Waals surface area contributed by atoms with Crippen LogP contribution in [0.2, 0.25) is 0 Å². The lowest BCUT2D eigenvalue weighted by atomic mass is 10.2. The third-order valence-corrected chi connectivity index (χ3v) is 4.96. The van der Waals surface area contributed by atoms with Crippen molar-refractivity contribution >= 4 is 15.9 Å². The van der Waals surface area contributed by atoms with Gasteiger partial charge in [-0.25, -0.2) is 13.1 Å². The van der Waals surface area contributed by atoms with Crippen LogP contribution in [0.4, 0.5) is 0 Å². The number of aromatic nitrogens is 3. The van der Waals surface area contributed by atoms with Gasteiger partial charge in [0.2, 0.25) is 0 Å². The second kappa shape index (κ2) is 6.65. The van der Waals surface area contributed by atoms with Gasteiger partial charge >= 0.3 is 0 Å². The van der Waals surface area contributed by atoms with E-state index in [2.05, 4.69) is 5.10 Å². The Bertz CT molecular complexity index is 1130. The van der Waals surface area contributed by atoms with Crippen molar-refractivity contribution in [3.8, 4) is 17.4 Å². The second-order valence-corrected chi connectivity index (χ2v) is 8.04. The SMILES string of the molecule is Cc1cc(C)n(-c2ccc(-n3cccc3/C=C(/C#N)S(C)(=O)=O)cc2)n1. The van der Waals surface area contributed by atoms with Gasteiger partial charge in [0, 0.05) is 29.5 Å². The molecule has 0 bridgehead atoms. The number of rotatable bonds is 4. The van der Waals surface area contributed by atoms with Crippen LogP contribution in [0.3, 0.4) is 0 Å². The lowest BCUT2D eigenvalue weighted by Crippen LogP contribution is -2.02. The van der Waals surface area contributed by atoms with Gasteiger partial charge in [-0.2, -0.15) is 10.4 Å². The highest BCUT2D eigenvalue weighted by atomic mass is 32.2. The molecule has 0 atom stereocenters. The molecule has 0 saturated carbocycles. The van der Waals surface area contributed by atoms with Gasteiger partial charge in [0.05, 0.1) is 11.4 Å². The maximum atomic E-state index is 11.7. The number of allylic oxidation sites excluding steroid dienone is 1. The third kappa shape index (κ3) is 3.46. The Kier molecular flexibility index (Phi) is 4.53. The minimum atomic E-state index is -3.56. The molecule has 3 aromatic rings. The second-order valence-electron chi connectivity index (χ2n) is 6.05. The molecular weight excluding hydrogens is 348 g/mol. The quantitative estimate of drug-likeness (QED) is 0.664. The van der Waals surface area contributed by atoms with E-state index >= 15 is 0 Å². The molecule has 3 rings (SSSR count). The monoisotopic (exact) mass is 366 g/mol. The number of nitriles is 1. The molecule has 0 fully saturated rings. The molecule has 0 amide bonds. The molecule has 2 aromatic heterocycles. The zero-order valence-electron chi connectivity index (χ0n) is 14.7.